The van der Waals surface area contributed by atoms with Gasteiger partial charge in [-0.25, -0.2) is 13.1 Å². The Hall–Kier alpha value is -1.64. The summed E-state index contributed by atoms with van der Waals surface area (Å²) in [6.07, 6.45) is 2.45. The smallest absolute Gasteiger partial charge is 0.249 e. The maximum atomic E-state index is 11.7. The fourth-order valence-corrected chi connectivity index (χ4v) is 3.80. The molecule has 0 aliphatic heterocycles. The second-order valence-corrected chi connectivity index (χ2v) is 7.57. The lowest BCUT2D eigenvalue weighted by molar-refractivity contribution is -0.121. The highest BCUT2D eigenvalue weighted by Crippen LogP contribution is 2.21. The van der Waals surface area contributed by atoms with Crippen molar-refractivity contribution in [3.63, 3.8) is 0 Å². The van der Waals surface area contributed by atoms with Crippen molar-refractivity contribution in [1.29, 1.82) is 0 Å². The summed E-state index contributed by atoms with van der Waals surface area (Å²) < 4.78 is 30.8. The van der Waals surface area contributed by atoms with Gasteiger partial charge in [0, 0.05) is 17.7 Å². The number of amides is 1. The quantitative estimate of drug-likeness (QED) is 0.806. The average molecular weight is 328 g/mol. The first kappa shape index (κ1) is 15.7. The lowest BCUT2D eigenvalue weighted by Gasteiger charge is -2.02. The van der Waals surface area contributed by atoms with E-state index in [1.807, 2.05) is 6.07 Å². The molecule has 0 fully saturated rings. The molecule has 0 aromatic carbocycles. The molecule has 0 radical (unpaired) electrons. The molecule has 0 saturated carbocycles. The molecule has 0 aliphatic carbocycles. The summed E-state index contributed by atoms with van der Waals surface area (Å²) in [6, 6.07) is 6.83. The largest absolute Gasteiger partial charge is 0.469 e. The number of hydrogen-bond donors (Lipinski definition) is 2. The zero-order valence-corrected chi connectivity index (χ0v) is 13.1. The summed E-state index contributed by atoms with van der Waals surface area (Å²) in [6.45, 7) is 0.320. The van der Waals surface area contributed by atoms with Gasteiger partial charge in [0.15, 0.2) is 0 Å². The van der Waals surface area contributed by atoms with Crippen molar-refractivity contribution in [2.45, 2.75) is 23.6 Å². The highest BCUT2D eigenvalue weighted by molar-refractivity contribution is 7.91. The van der Waals surface area contributed by atoms with Gasteiger partial charge in [0.2, 0.25) is 15.9 Å². The third-order valence-corrected chi connectivity index (χ3v) is 5.80. The number of furan rings is 1. The molecule has 0 spiro atoms. The highest BCUT2D eigenvalue weighted by atomic mass is 32.2. The maximum Gasteiger partial charge on any atom is 0.249 e. The Morgan fingerprint density at radius 1 is 1.33 bits per heavy atom. The predicted molar refractivity (Wildman–Crippen MR) is 79.4 cm³/mol. The number of aryl methyl sites for hydroxylation is 1. The first-order valence-electron chi connectivity index (χ1n) is 6.32. The van der Waals surface area contributed by atoms with Crippen LogP contribution in [0.2, 0.25) is 0 Å². The number of carbonyl (C=O) groups is 1. The fraction of sp³-hybridized carbons (Fsp3) is 0.308. The summed E-state index contributed by atoms with van der Waals surface area (Å²) in [5.41, 5.74) is 0. The summed E-state index contributed by atoms with van der Waals surface area (Å²) in [5.74, 6) is 0.668. The summed E-state index contributed by atoms with van der Waals surface area (Å²) in [7, 11) is -2.05. The van der Waals surface area contributed by atoms with E-state index in [1.54, 1.807) is 18.4 Å². The fourth-order valence-electron chi connectivity index (χ4n) is 1.66. The van der Waals surface area contributed by atoms with Crippen molar-refractivity contribution in [2.24, 2.45) is 0 Å². The number of hydrogen-bond acceptors (Lipinski definition) is 5. The Balaban J connectivity index is 1.81. The van der Waals surface area contributed by atoms with Crippen LogP contribution in [0.4, 0.5) is 0 Å². The molecule has 0 unspecified atom stereocenters. The van der Waals surface area contributed by atoms with Gasteiger partial charge in [0.1, 0.15) is 9.97 Å². The normalized spacial score (nSPS) is 11.5. The lowest BCUT2D eigenvalue weighted by atomic mass is 10.2. The molecule has 2 N–H and O–H groups in total. The van der Waals surface area contributed by atoms with Crippen molar-refractivity contribution in [1.82, 2.24) is 10.0 Å². The summed E-state index contributed by atoms with van der Waals surface area (Å²) >= 11 is 1.14. The van der Waals surface area contributed by atoms with E-state index in [0.717, 1.165) is 22.0 Å². The number of nitrogens with one attached hydrogen (secondary N) is 2. The van der Waals surface area contributed by atoms with Crippen molar-refractivity contribution < 1.29 is 17.6 Å². The molecule has 2 aromatic heterocycles. The van der Waals surface area contributed by atoms with E-state index in [4.69, 9.17) is 4.42 Å². The van der Waals surface area contributed by atoms with E-state index >= 15 is 0 Å². The lowest BCUT2D eigenvalue weighted by Crippen LogP contribution is -2.22. The molecule has 1 amide bonds. The molecule has 8 heteroatoms. The van der Waals surface area contributed by atoms with Crippen molar-refractivity contribution >= 4 is 27.3 Å². The second kappa shape index (κ2) is 6.88. The van der Waals surface area contributed by atoms with Crippen molar-refractivity contribution in [3.05, 3.63) is 41.2 Å². The Morgan fingerprint density at radius 2 is 2.14 bits per heavy atom. The van der Waals surface area contributed by atoms with E-state index in [-0.39, 0.29) is 10.1 Å². The molecule has 21 heavy (non-hydrogen) atoms. The minimum Gasteiger partial charge on any atom is -0.469 e. The van der Waals surface area contributed by atoms with Gasteiger partial charge in [-0.15, -0.1) is 11.3 Å². The number of carbonyl (C=O) groups excluding carboxylic acids is 1. The first-order chi connectivity index (χ1) is 10.0. The van der Waals surface area contributed by atoms with Crippen LogP contribution in [-0.2, 0) is 27.8 Å². The van der Waals surface area contributed by atoms with E-state index in [1.165, 1.54) is 13.1 Å². The van der Waals surface area contributed by atoms with E-state index in [2.05, 4.69) is 10.0 Å². The molecule has 2 rings (SSSR count). The van der Waals surface area contributed by atoms with Crippen LogP contribution in [0.15, 0.2) is 39.2 Å². The molecule has 0 saturated heterocycles. The van der Waals surface area contributed by atoms with Crippen LogP contribution in [0.3, 0.4) is 0 Å². The zero-order valence-electron chi connectivity index (χ0n) is 11.5. The first-order valence-corrected chi connectivity index (χ1v) is 8.62. The molecule has 0 aliphatic rings. The van der Waals surface area contributed by atoms with Gasteiger partial charge in [0.25, 0.3) is 0 Å². The zero-order chi connectivity index (χ0) is 15.3. The molecule has 6 nitrogen and oxygen atoms in total. The maximum absolute atomic E-state index is 11.7. The molecule has 0 atom stereocenters. The minimum atomic E-state index is -3.41. The molecule has 114 valence electrons. The van der Waals surface area contributed by atoms with E-state index < -0.39 is 10.0 Å². The van der Waals surface area contributed by atoms with Gasteiger partial charge in [-0.2, -0.15) is 0 Å². The predicted octanol–water partition coefficient (Wildman–Crippen LogP) is 1.50. The SMILES string of the molecule is CNS(=O)(=O)c1ccc(CNC(=O)CCc2ccco2)s1. The van der Waals surface area contributed by atoms with Gasteiger partial charge in [-0.3, -0.25) is 4.79 Å². The molecule has 0 bridgehead atoms. The Labute approximate surface area is 127 Å². The van der Waals surface area contributed by atoms with Gasteiger partial charge in [-0.05, 0) is 31.3 Å². The summed E-state index contributed by atoms with van der Waals surface area (Å²) in [5, 5.41) is 2.76. The molecule has 2 aromatic rings. The van der Waals surface area contributed by atoms with Gasteiger partial charge >= 0.3 is 0 Å². The van der Waals surface area contributed by atoms with Crippen molar-refractivity contribution in [3.8, 4) is 0 Å². The monoisotopic (exact) mass is 328 g/mol. The summed E-state index contributed by atoms with van der Waals surface area (Å²) in [4.78, 5) is 12.5. The molecular weight excluding hydrogens is 312 g/mol. The van der Waals surface area contributed by atoms with Crippen LogP contribution >= 0.6 is 11.3 Å². The second-order valence-electron chi connectivity index (χ2n) is 4.28. The van der Waals surface area contributed by atoms with E-state index in [0.29, 0.717) is 19.4 Å². The van der Waals surface area contributed by atoms with Gasteiger partial charge in [-0.1, -0.05) is 0 Å². The Morgan fingerprint density at radius 3 is 2.81 bits per heavy atom. The molecular formula is C13H16N2O4S2. The van der Waals surface area contributed by atoms with Crippen molar-refractivity contribution in [2.75, 3.05) is 7.05 Å². The van der Waals surface area contributed by atoms with Crippen LogP contribution in [0.25, 0.3) is 0 Å². The number of sulfonamides is 1. The Kier molecular flexibility index (Phi) is 5.16. The van der Waals surface area contributed by atoms with Crippen LogP contribution in [0.5, 0.6) is 0 Å². The van der Waals surface area contributed by atoms with Gasteiger partial charge in [0.05, 0.1) is 12.8 Å². The average Bonchev–Trinajstić information content (AvgIpc) is 3.14. The topological polar surface area (TPSA) is 88.4 Å². The number of rotatable bonds is 7. The third kappa shape index (κ3) is 4.42. The van der Waals surface area contributed by atoms with Crippen LogP contribution in [0.1, 0.15) is 17.1 Å². The molecule has 2 heterocycles. The standard InChI is InChI=1S/C13H16N2O4S2/c1-14-21(17,18)13-7-5-11(20-13)9-15-12(16)6-4-10-3-2-8-19-10/h2-3,5,7-8,14H,4,6,9H2,1H3,(H,15,16). The Bertz CT molecular complexity index is 690. The van der Waals surface area contributed by atoms with Gasteiger partial charge < -0.3 is 9.73 Å². The van der Waals surface area contributed by atoms with Crippen LogP contribution < -0.4 is 10.0 Å². The van der Waals surface area contributed by atoms with E-state index in [9.17, 15) is 13.2 Å². The van der Waals surface area contributed by atoms with Crippen LogP contribution in [-0.4, -0.2) is 21.4 Å². The minimum absolute atomic E-state index is 0.0992. The third-order valence-electron chi connectivity index (χ3n) is 2.81. The highest BCUT2D eigenvalue weighted by Gasteiger charge is 2.14. The van der Waals surface area contributed by atoms with Crippen LogP contribution in [0, 0.1) is 0 Å². The number of thiophene rings is 1.